The zero-order valence-electron chi connectivity index (χ0n) is 16.0. The standard InChI is InChI=1S/C21H27N3O2S/c1-14-5-4-6-17(11-14)19(24-21(22)26)13-20(25)23-9-10-27-18-8-7-15(2)16(3)12-18/h4-8,11-12,19H,9-10,13H2,1-3H3,(H,23,25)(H3,22,24,26)/t19-/m1/s1. The third-order valence-electron chi connectivity index (χ3n) is 4.32. The first-order valence-electron chi connectivity index (χ1n) is 8.94. The van der Waals surface area contributed by atoms with Crippen molar-refractivity contribution in [3.8, 4) is 0 Å². The molecule has 0 aliphatic heterocycles. The normalized spacial score (nSPS) is 11.7. The van der Waals surface area contributed by atoms with Crippen molar-refractivity contribution in [3.63, 3.8) is 0 Å². The van der Waals surface area contributed by atoms with Crippen molar-refractivity contribution in [1.29, 1.82) is 0 Å². The highest BCUT2D eigenvalue weighted by Crippen LogP contribution is 2.21. The molecule has 0 saturated heterocycles. The number of amides is 3. The van der Waals surface area contributed by atoms with Crippen LogP contribution >= 0.6 is 11.8 Å². The molecule has 0 aromatic heterocycles. The third-order valence-corrected chi connectivity index (χ3v) is 5.32. The number of thioether (sulfide) groups is 1. The monoisotopic (exact) mass is 385 g/mol. The largest absolute Gasteiger partial charge is 0.355 e. The Morgan fingerprint density at radius 2 is 1.85 bits per heavy atom. The van der Waals surface area contributed by atoms with Crippen LogP contribution < -0.4 is 16.4 Å². The van der Waals surface area contributed by atoms with Crippen LogP contribution in [-0.4, -0.2) is 24.2 Å². The molecule has 0 fully saturated rings. The predicted octanol–water partition coefficient (Wildman–Crippen LogP) is 3.62. The number of hydrogen-bond acceptors (Lipinski definition) is 3. The lowest BCUT2D eigenvalue weighted by molar-refractivity contribution is -0.121. The molecule has 0 saturated carbocycles. The summed E-state index contributed by atoms with van der Waals surface area (Å²) in [5.41, 5.74) is 9.74. The molecule has 0 aliphatic carbocycles. The van der Waals surface area contributed by atoms with Crippen molar-refractivity contribution in [2.45, 2.75) is 38.1 Å². The zero-order chi connectivity index (χ0) is 19.8. The van der Waals surface area contributed by atoms with Gasteiger partial charge in [-0.15, -0.1) is 11.8 Å². The molecule has 4 N–H and O–H groups in total. The van der Waals surface area contributed by atoms with Gasteiger partial charge in [-0.25, -0.2) is 4.79 Å². The summed E-state index contributed by atoms with van der Waals surface area (Å²) in [5, 5.41) is 5.57. The van der Waals surface area contributed by atoms with Crippen molar-refractivity contribution in [2.24, 2.45) is 5.73 Å². The number of aryl methyl sites for hydroxylation is 3. The number of nitrogens with one attached hydrogen (secondary N) is 2. The first-order chi connectivity index (χ1) is 12.8. The molecule has 2 aromatic carbocycles. The van der Waals surface area contributed by atoms with Crippen molar-refractivity contribution in [1.82, 2.24) is 10.6 Å². The van der Waals surface area contributed by atoms with E-state index in [9.17, 15) is 9.59 Å². The number of urea groups is 1. The molecule has 0 unspecified atom stereocenters. The second kappa shape index (κ2) is 10.0. The van der Waals surface area contributed by atoms with Gasteiger partial charge in [-0.1, -0.05) is 35.9 Å². The molecular formula is C21H27N3O2S. The van der Waals surface area contributed by atoms with E-state index in [0.717, 1.165) is 16.9 Å². The Bertz CT molecular complexity index is 808. The van der Waals surface area contributed by atoms with E-state index in [2.05, 4.69) is 42.7 Å². The Kier molecular flexibility index (Phi) is 7.73. The van der Waals surface area contributed by atoms with Crippen LogP contribution in [0.5, 0.6) is 0 Å². The van der Waals surface area contributed by atoms with E-state index in [0.29, 0.717) is 6.54 Å². The molecule has 0 aliphatic rings. The lowest BCUT2D eigenvalue weighted by atomic mass is 10.0. The summed E-state index contributed by atoms with van der Waals surface area (Å²) in [5.74, 6) is 0.669. The van der Waals surface area contributed by atoms with E-state index in [4.69, 9.17) is 5.73 Å². The maximum Gasteiger partial charge on any atom is 0.312 e. The van der Waals surface area contributed by atoms with Gasteiger partial charge >= 0.3 is 6.03 Å². The fourth-order valence-electron chi connectivity index (χ4n) is 2.73. The number of rotatable bonds is 8. The minimum atomic E-state index is -0.639. The molecule has 27 heavy (non-hydrogen) atoms. The van der Waals surface area contributed by atoms with Crippen molar-refractivity contribution in [2.75, 3.05) is 12.3 Å². The van der Waals surface area contributed by atoms with E-state index in [1.54, 1.807) is 11.8 Å². The van der Waals surface area contributed by atoms with Gasteiger partial charge in [0.1, 0.15) is 0 Å². The van der Waals surface area contributed by atoms with E-state index < -0.39 is 12.1 Å². The Hall–Kier alpha value is -2.47. The molecule has 2 aromatic rings. The zero-order valence-corrected chi connectivity index (χ0v) is 16.9. The molecule has 6 heteroatoms. The number of hydrogen-bond donors (Lipinski definition) is 3. The van der Waals surface area contributed by atoms with Crippen LogP contribution in [0.1, 0.15) is 34.7 Å². The second-order valence-corrected chi connectivity index (χ2v) is 7.79. The molecular weight excluding hydrogens is 358 g/mol. The van der Waals surface area contributed by atoms with Gasteiger partial charge in [0.2, 0.25) is 5.91 Å². The summed E-state index contributed by atoms with van der Waals surface area (Å²) in [4.78, 5) is 24.8. The minimum absolute atomic E-state index is 0.115. The minimum Gasteiger partial charge on any atom is -0.355 e. The maximum atomic E-state index is 12.3. The molecule has 3 amide bonds. The highest BCUT2D eigenvalue weighted by molar-refractivity contribution is 7.99. The maximum absolute atomic E-state index is 12.3. The van der Waals surface area contributed by atoms with E-state index in [1.165, 1.54) is 16.0 Å². The summed E-state index contributed by atoms with van der Waals surface area (Å²) >= 11 is 1.71. The van der Waals surface area contributed by atoms with E-state index >= 15 is 0 Å². The fraction of sp³-hybridized carbons (Fsp3) is 0.333. The Balaban J connectivity index is 1.84. The Morgan fingerprint density at radius 1 is 1.07 bits per heavy atom. The van der Waals surface area contributed by atoms with Gasteiger partial charge in [-0.2, -0.15) is 0 Å². The number of benzene rings is 2. The summed E-state index contributed by atoms with van der Waals surface area (Å²) in [6.45, 7) is 6.72. The summed E-state index contributed by atoms with van der Waals surface area (Å²) < 4.78 is 0. The van der Waals surface area contributed by atoms with Crippen molar-refractivity contribution < 1.29 is 9.59 Å². The summed E-state index contributed by atoms with van der Waals surface area (Å²) in [6.07, 6.45) is 0.153. The van der Waals surface area contributed by atoms with Gasteiger partial charge in [0.15, 0.2) is 0 Å². The van der Waals surface area contributed by atoms with Gasteiger partial charge in [0.25, 0.3) is 0 Å². The molecule has 0 heterocycles. The average molecular weight is 386 g/mol. The highest BCUT2D eigenvalue weighted by Gasteiger charge is 2.17. The number of nitrogens with two attached hydrogens (primary N) is 1. The van der Waals surface area contributed by atoms with Crippen LogP contribution in [0.15, 0.2) is 47.4 Å². The van der Waals surface area contributed by atoms with Crippen LogP contribution in [0, 0.1) is 20.8 Å². The molecule has 5 nitrogen and oxygen atoms in total. The quantitative estimate of drug-likeness (QED) is 0.479. The molecule has 1 atom stereocenters. The van der Waals surface area contributed by atoms with Crippen molar-refractivity contribution >= 4 is 23.7 Å². The SMILES string of the molecule is Cc1cccc([C@@H](CC(=O)NCCSc2ccc(C)c(C)c2)NC(N)=O)c1. The van der Waals surface area contributed by atoms with Gasteiger partial charge < -0.3 is 16.4 Å². The molecule has 0 spiro atoms. The Morgan fingerprint density at radius 3 is 2.52 bits per heavy atom. The first-order valence-corrected chi connectivity index (χ1v) is 9.93. The predicted molar refractivity (Wildman–Crippen MR) is 111 cm³/mol. The fourth-order valence-corrected chi connectivity index (χ4v) is 3.60. The van der Waals surface area contributed by atoms with Gasteiger partial charge in [0, 0.05) is 17.2 Å². The van der Waals surface area contributed by atoms with Crippen LogP contribution in [0.25, 0.3) is 0 Å². The summed E-state index contributed by atoms with van der Waals surface area (Å²) in [6, 6.07) is 13.0. The van der Waals surface area contributed by atoms with Crippen LogP contribution in [0.2, 0.25) is 0 Å². The molecule has 144 valence electrons. The van der Waals surface area contributed by atoms with Crippen LogP contribution in [0.3, 0.4) is 0 Å². The van der Waals surface area contributed by atoms with E-state index in [1.807, 2.05) is 31.2 Å². The number of carbonyl (C=O) groups is 2. The molecule has 2 rings (SSSR count). The van der Waals surface area contributed by atoms with Crippen molar-refractivity contribution in [3.05, 3.63) is 64.7 Å². The van der Waals surface area contributed by atoms with Crippen LogP contribution in [0.4, 0.5) is 4.79 Å². The molecule has 0 bridgehead atoms. The topological polar surface area (TPSA) is 84.2 Å². The first kappa shape index (κ1) is 20.8. The number of primary amides is 1. The van der Waals surface area contributed by atoms with Gasteiger partial charge in [-0.3, -0.25) is 4.79 Å². The smallest absolute Gasteiger partial charge is 0.312 e. The summed E-state index contributed by atoms with van der Waals surface area (Å²) in [7, 11) is 0. The lowest BCUT2D eigenvalue weighted by Gasteiger charge is -2.18. The second-order valence-electron chi connectivity index (χ2n) is 6.62. The lowest BCUT2D eigenvalue weighted by Crippen LogP contribution is -2.37. The molecule has 0 radical (unpaired) electrons. The average Bonchev–Trinajstić information content (AvgIpc) is 2.61. The third kappa shape index (κ3) is 6.98. The number of carbonyl (C=O) groups excluding carboxylic acids is 2. The van der Waals surface area contributed by atoms with Crippen LogP contribution in [-0.2, 0) is 4.79 Å². The van der Waals surface area contributed by atoms with E-state index in [-0.39, 0.29) is 12.3 Å². The van der Waals surface area contributed by atoms with Gasteiger partial charge in [-0.05, 0) is 49.6 Å². The Labute approximate surface area is 165 Å². The van der Waals surface area contributed by atoms with Gasteiger partial charge in [0.05, 0.1) is 12.5 Å². The highest BCUT2D eigenvalue weighted by atomic mass is 32.2.